The summed E-state index contributed by atoms with van der Waals surface area (Å²) in [5.41, 5.74) is 0. The molecule has 0 radical (unpaired) electrons. The number of nitrogens with one attached hydrogen (secondary N) is 1. The summed E-state index contributed by atoms with van der Waals surface area (Å²) >= 11 is 3.39. The van der Waals surface area contributed by atoms with Crippen LogP contribution in [0.5, 0.6) is 0 Å². The van der Waals surface area contributed by atoms with Crippen LogP contribution in [0.3, 0.4) is 0 Å². The van der Waals surface area contributed by atoms with Crippen LogP contribution in [0.15, 0.2) is 10.7 Å². The zero-order valence-electron chi connectivity index (χ0n) is 4.08. The predicted molar refractivity (Wildman–Crippen MR) is 34.2 cm³/mol. The van der Waals surface area contributed by atoms with Gasteiger partial charge in [0.2, 0.25) is 0 Å². The van der Waals surface area contributed by atoms with Crippen LogP contribution in [0, 0.1) is 0 Å². The number of rotatable bonds is 0. The normalized spacial score (nSPS) is 20.4. The maximum Gasteiger partial charge on any atom is 0.0145 e. The first-order valence-corrected chi connectivity index (χ1v) is 3.27. The van der Waals surface area contributed by atoms with Crippen LogP contribution in [0.25, 0.3) is 0 Å². The molecule has 1 N–H and O–H groups in total. The Bertz CT molecular complexity index is 88.1. The number of hydrogen-bond donors (Lipinski definition) is 1. The lowest BCUT2D eigenvalue weighted by Gasteiger charge is -2.07. The number of allylic oxidation sites excluding steroid dienone is 1. The molecule has 0 aromatic carbocycles. The van der Waals surface area contributed by atoms with E-state index in [0.717, 1.165) is 6.54 Å². The third-order valence-electron chi connectivity index (χ3n) is 0.995. The predicted octanol–water partition coefficient (Wildman–Crippen LogP) is 1.61. The largest absolute Gasteiger partial charge is 0.390 e. The standard InChI is InChI=1S/C5H8BrN/c6-5-2-1-3-7-4-5/h4,7H,1-3H2. The van der Waals surface area contributed by atoms with Gasteiger partial charge in [-0.1, -0.05) is 15.9 Å². The molecule has 0 aliphatic carbocycles. The third-order valence-corrected chi connectivity index (χ3v) is 1.62. The van der Waals surface area contributed by atoms with Crippen molar-refractivity contribution in [2.24, 2.45) is 0 Å². The second-order valence-corrected chi connectivity index (χ2v) is 2.67. The van der Waals surface area contributed by atoms with E-state index in [0.29, 0.717) is 0 Å². The molecule has 0 spiro atoms. The summed E-state index contributed by atoms with van der Waals surface area (Å²) in [7, 11) is 0. The highest BCUT2D eigenvalue weighted by molar-refractivity contribution is 9.11. The molecule has 0 unspecified atom stereocenters. The molecule has 0 bridgehead atoms. The number of halogens is 1. The minimum atomic E-state index is 1.13. The van der Waals surface area contributed by atoms with E-state index in [1.807, 2.05) is 6.20 Å². The molecule has 0 saturated heterocycles. The lowest BCUT2D eigenvalue weighted by Crippen LogP contribution is -2.11. The van der Waals surface area contributed by atoms with Crippen molar-refractivity contribution >= 4 is 15.9 Å². The van der Waals surface area contributed by atoms with E-state index in [1.54, 1.807) is 0 Å². The topological polar surface area (TPSA) is 12.0 Å². The molecule has 0 amide bonds. The molecule has 1 nitrogen and oxygen atoms in total. The Labute approximate surface area is 51.9 Å². The van der Waals surface area contributed by atoms with Crippen molar-refractivity contribution in [2.45, 2.75) is 12.8 Å². The Hall–Kier alpha value is 0.0200. The van der Waals surface area contributed by atoms with Crippen LogP contribution < -0.4 is 5.32 Å². The van der Waals surface area contributed by atoms with Gasteiger partial charge in [-0.3, -0.25) is 0 Å². The van der Waals surface area contributed by atoms with Gasteiger partial charge in [-0.25, -0.2) is 0 Å². The highest BCUT2D eigenvalue weighted by Gasteiger charge is 1.95. The Kier molecular flexibility index (Phi) is 1.74. The van der Waals surface area contributed by atoms with Gasteiger partial charge in [-0.15, -0.1) is 0 Å². The molecule has 1 aliphatic heterocycles. The van der Waals surface area contributed by atoms with Crippen LogP contribution in [0.1, 0.15) is 12.8 Å². The van der Waals surface area contributed by atoms with Gasteiger partial charge in [0, 0.05) is 17.2 Å². The highest BCUT2D eigenvalue weighted by atomic mass is 79.9. The van der Waals surface area contributed by atoms with E-state index in [1.165, 1.54) is 17.3 Å². The molecule has 0 fully saturated rings. The lowest BCUT2D eigenvalue weighted by atomic mass is 10.2. The maximum absolute atomic E-state index is 3.39. The van der Waals surface area contributed by atoms with Gasteiger partial charge in [0.15, 0.2) is 0 Å². The van der Waals surface area contributed by atoms with E-state index in [9.17, 15) is 0 Å². The first-order chi connectivity index (χ1) is 3.39. The van der Waals surface area contributed by atoms with Crippen molar-refractivity contribution in [1.29, 1.82) is 0 Å². The second kappa shape index (κ2) is 2.36. The van der Waals surface area contributed by atoms with Crippen molar-refractivity contribution in [1.82, 2.24) is 5.32 Å². The first-order valence-electron chi connectivity index (χ1n) is 2.47. The average Bonchev–Trinajstić information content (AvgIpc) is 1.69. The van der Waals surface area contributed by atoms with E-state index in [2.05, 4.69) is 21.2 Å². The molecular weight excluding hydrogens is 154 g/mol. The van der Waals surface area contributed by atoms with Crippen LogP contribution in [-0.2, 0) is 0 Å². The number of hydrogen-bond acceptors (Lipinski definition) is 1. The Morgan fingerprint density at radius 3 is 2.86 bits per heavy atom. The SMILES string of the molecule is BrC1=CNCCC1. The Balaban J connectivity index is 2.40. The van der Waals surface area contributed by atoms with E-state index < -0.39 is 0 Å². The van der Waals surface area contributed by atoms with Crippen LogP contribution in [0.2, 0.25) is 0 Å². The molecule has 1 aliphatic rings. The van der Waals surface area contributed by atoms with Gasteiger partial charge in [0.1, 0.15) is 0 Å². The minimum Gasteiger partial charge on any atom is -0.390 e. The van der Waals surface area contributed by atoms with Gasteiger partial charge >= 0.3 is 0 Å². The van der Waals surface area contributed by atoms with Gasteiger partial charge in [0.25, 0.3) is 0 Å². The fourth-order valence-electron chi connectivity index (χ4n) is 0.614. The summed E-state index contributed by atoms with van der Waals surface area (Å²) in [6.07, 6.45) is 4.48. The van der Waals surface area contributed by atoms with Crippen molar-refractivity contribution < 1.29 is 0 Å². The molecule has 0 saturated carbocycles. The van der Waals surface area contributed by atoms with Gasteiger partial charge in [0.05, 0.1) is 0 Å². The molecule has 0 aromatic rings. The smallest absolute Gasteiger partial charge is 0.0145 e. The molecule has 2 heteroatoms. The Morgan fingerprint density at radius 2 is 2.57 bits per heavy atom. The van der Waals surface area contributed by atoms with Gasteiger partial charge < -0.3 is 5.32 Å². The third kappa shape index (κ3) is 1.51. The highest BCUT2D eigenvalue weighted by Crippen LogP contribution is 2.13. The van der Waals surface area contributed by atoms with E-state index in [-0.39, 0.29) is 0 Å². The van der Waals surface area contributed by atoms with Crippen molar-refractivity contribution in [3.05, 3.63) is 10.7 Å². The molecule has 7 heavy (non-hydrogen) atoms. The molecular formula is C5H8BrN. The van der Waals surface area contributed by atoms with Crippen LogP contribution >= 0.6 is 15.9 Å². The van der Waals surface area contributed by atoms with E-state index in [4.69, 9.17) is 0 Å². The zero-order valence-corrected chi connectivity index (χ0v) is 5.66. The quantitative estimate of drug-likeness (QED) is 0.570. The van der Waals surface area contributed by atoms with Crippen molar-refractivity contribution in [3.8, 4) is 0 Å². The minimum absolute atomic E-state index is 1.13. The van der Waals surface area contributed by atoms with Crippen LogP contribution in [-0.4, -0.2) is 6.54 Å². The van der Waals surface area contributed by atoms with Crippen molar-refractivity contribution in [3.63, 3.8) is 0 Å². The summed E-state index contributed by atoms with van der Waals surface area (Å²) in [4.78, 5) is 0. The molecule has 40 valence electrons. The van der Waals surface area contributed by atoms with Gasteiger partial charge in [-0.05, 0) is 12.8 Å². The molecule has 0 atom stereocenters. The Morgan fingerprint density at radius 1 is 1.71 bits per heavy atom. The summed E-state index contributed by atoms with van der Waals surface area (Å²) in [5, 5.41) is 3.13. The summed E-state index contributed by atoms with van der Waals surface area (Å²) in [5.74, 6) is 0. The summed E-state index contributed by atoms with van der Waals surface area (Å²) in [6, 6.07) is 0. The average molecular weight is 162 g/mol. The fraction of sp³-hybridized carbons (Fsp3) is 0.600. The molecule has 1 heterocycles. The summed E-state index contributed by atoms with van der Waals surface area (Å²) in [6.45, 7) is 1.13. The first kappa shape index (κ1) is 5.16. The van der Waals surface area contributed by atoms with Gasteiger partial charge in [-0.2, -0.15) is 0 Å². The second-order valence-electron chi connectivity index (χ2n) is 1.65. The lowest BCUT2D eigenvalue weighted by molar-refractivity contribution is 0.723. The van der Waals surface area contributed by atoms with E-state index >= 15 is 0 Å². The molecule has 0 aromatic heterocycles. The summed E-state index contributed by atoms with van der Waals surface area (Å²) < 4.78 is 1.29. The van der Waals surface area contributed by atoms with Crippen LogP contribution in [0.4, 0.5) is 0 Å². The zero-order chi connectivity index (χ0) is 5.11. The van der Waals surface area contributed by atoms with Crippen molar-refractivity contribution in [2.75, 3.05) is 6.54 Å². The monoisotopic (exact) mass is 161 g/mol. The molecule has 1 rings (SSSR count). The maximum atomic E-state index is 3.39. The fourth-order valence-corrected chi connectivity index (χ4v) is 1.06.